The van der Waals surface area contributed by atoms with Crippen LogP contribution in [0.3, 0.4) is 0 Å². The molecule has 7 nitrogen and oxygen atoms in total. The number of rotatable bonds is 11. The molecule has 3 aromatic carbocycles. The molecule has 38 heavy (non-hydrogen) atoms. The second-order valence-electron chi connectivity index (χ2n) is 9.66. The van der Waals surface area contributed by atoms with Gasteiger partial charge in [-0.25, -0.2) is 8.42 Å². The molecule has 202 valence electrons. The summed E-state index contributed by atoms with van der Waals surface area (Å²) in [6.07, 6.45) is 1.39. The fraction of sp³-hybridized carbons (Fsp3) is 0.333. The first-order valence-corrected chi connectivity index (χ1v) is 14.6. The van der Waals surface area contributed by atoms with E-state index < -0.39 is 28.5 Å². The minimum atomic E-state index is -3.79. The van der Waals surface area contributed by atoms with Gasteiger partial charge in [-0.1, -0.05) is 60.7 Å². The first kappa shape index (κ1) is 28.9. The second kappa shape index (κ2) is 12.7. The van der Waals surface area contributed by atoms with E-state index in [1.54, 1.807) is 12.1 Å². The Morgan fingerprint density at radius 3 is 2.08 bits per heavy atom. The summed E-state index contributed by atoms with van der Waals surface area (Å²) in [7, 11) is -3.79. The van der Waals surface area contributed by atoms with E-state index in [2.05, 4.69) is 5.32 Å². The molecular formula is C30H37N3O4S. The molecule has 3 aromatic rings. The lowest BCUT2D eigenvalue weighted by atomic mass is 10.0. The van der Waals surface area contributed by atoms with Crippen molar-refractivity contribution in [3.8, 4) is 0 Å². The van der Waals surface area contributed by atoms with Gasteiger partial charge < -0.3 is 10.2 Å². The molecule has 1 N–H and O–H groups in total. The number of nitrogens with zero attached hydrogens (tertiary/aromatic N) is 2. The Hall–Kier alpha value is -3.65. The van der Waals surface area contributed by atoms with Crippen LogP contribution in [0.5, 0.6) is 0 Å². The van der Waals surface area contributed by atoms with Crippen LogP contribution in [0.15, 0.2) is 72.8 Å². The van der Waals surface area contributed by atoms with Crippen molar-refractivity contribution in [3.05, 3.63) is 101 Å². The van der Waals surface area contributed by atoms with Crippen LogP contribution in [0, 0.1) is 20.8 Å². The van der Waals surface area contributed by atoms with Crippen molar-refractivity contribution in [2.45, 2.75) is 46.7 Å². The van der Waals surface area contributed by atoms with E-state index in [0.717, 1.165) is 38.4 Å². The second-order valence-corrected chi connectivity index (χ2v) is 11.6. The van der Waals surface area contributed by atoms with Crippen LogP contribution in [0.1, 0.15) is 34.7 Å². The average molecular weight is 536 g/mol. The lowest BCUT2D eigenvalue weighted by Gasteiger charge is -2.34. The third-order valence-corrected chi connectivity index (χ3v) is 7.54. The number of hydrogen-bond acceptors (Lipinski definition) is 4. The summed E-state index contributed by atoms with van der Waals surface area (Å²) in [5.74, 6) is -0.736. The fourth-order valence-corrected chi connectivity index (χ4v) is 5.36. The Balaban J connectivity index is 2.07. The van der Waals surface area contributed by atoms with Gasteiger partial charge in [-0.2, -0.15) is 0 Å². The van der Waals surface area contributed by atoms with Gasteiger partial charge in [-0.3, -0.25) is 13.9 Å². The van der Waals surface area contributed by atoms with Crippen molar-refractivity contribution in [1.29, 1.82) is 0 Å². The van der Waals surface area contributed by atoms with E-state index >= 15 is 0 Å². The molecule has 0 saturated carbocycles. The lowest BCUT2D eigenvalue weighted by Crippen LogP contribution is -2.53. The number of benzene rings is 3. The lowest BCUT2D eigenvalue weighted by molar-refractivity contribution is -0.140. The Kier molecular flexibility index (Phi) is 9.69. The highest BCUT2D eigenvalue weighted by molar-refractivity contribution is 7.92. The van der Waals surface area contributed by atoms with Gasteiger partial charge in [-0.15, -0.1) is 0 Å². The van der Waals surface area contributed by atoms with Crippen molar-refractivity contribution in [3.63, 3.8) is 0 Å². The molecule has 3 rings (SSSR count). The number of likely N-dealkylation sites (N-methyl/N-ethyl adjacent to an activating group) is 1. The first-order chi connectivity index (χ1) is 18.0. The van der Waals surface area contributed by atoms with Gasteiger partial charge >= 0.3 is 0 Å². The zero-order valence-electron chi connectivity index (χ0n) is 22.8. The van der Waals surface area contributed by atoms with Crippen molar-refractivity contribution in [2.24, 2.45) is 0 Å². The number of carbonyl (C=O) groups is 2. The highest BCUT2D eigenvalue weighted by Crippen LogP contribution is 2.23. The number of anilines is 1. The van der Waals surface area contributed by atoms with Crippen LogP contribution in [-0.2, 0) is 32.6 Å². The van der Waals surface area contributed by atoms with Crippen LogP contribution in [-0.4, -0.2) is 50.5 Å². The molecule has 0 saturated heterocycles. The predicted molar refractivity (Wildman–Crippen MR) is 152 cm³/mol. The molecule has 2 amide bonds. The highest BCUT2D eigenvalue weighted by Gasteiger charge is 2.33. The maximum Gasteiger partial charge on any atom is 0.244 e. The summed E-state index contributed by atoms with van der Waals surface area (Å²) >= 11 is 0. The van der Waals surface area contributed by atoms with E-state index in [9.17, 15) is 18.0 Å². The molecule has 1 unspecified atom stereocenters. The fourth-order valence-electron chi connectivity index (χ4n) is 4.53. The molecule has 8 heteroatoms. The van der Waals surface area contributed by atoms with Gasteiger partial charge in [0.05, 0.1) is 11.9 Å². The minimum Gasteiger partial charge on any atom is -0.355 e. The van der Waals surface area contributed by atoms with Gasteiger partial charge in [0.2, 0.25) is 21.8 Å². The molecular weight excluding hydrogens is 498 g/mol. The third-order valence-electron chi connectivity index (χ3n) is 6.40. The van der Waals surface area contributed by atoms with Crippen LogP contribution in [0.25, 0.3) is 0 Å². The van der Waals surface area contributed by atoms with Gasteiger partial charge in [-0.05, 0) is 67.6 Å². The molecule has 0 aromatic heterocycles. The summed E-state index contributed by atoms with van der Waals surface area (Å²) in [4.78, 5) is 28.9. The average Bonchev–Trinajstić information content (AvgIpc) is 2.85. The molecule has 0 aliphatic rings. The van der Waals surface area contributed by atoms with E-state index in [0.29, 0.717) is 18.7 Å². The van der Waals surface area contributed by atoms with Crippen LogP contribution >= 0.6 is 0 Å². The minimum absolute atomic E-state index is 0.171. The van der Waals surface area contributed by atoms with E-state index in [4.69, 9.17) is 0 Å². The maximum atomic E-state index is 14.0. The molecule has 0 fully saturated rings. The highest BCUT2D eigenvalue weighted by atomic mass is 32.2. The monoisotopic (exact) mass is 535 g/mol. The first-order valence-electron chi connectivity index (χ1n) is 12.7. The summed E-state index contributed by atoms with van der Waals surface area (Å²) in [5, 5.41) is 2.87. The number of hydrogen-bond donors (Lipinski definition) is 1. The van der Waals surface area contributed by atoms with Gasteiger partial charge in [0.15, 0.2) is 0 Å². The SMILES string of the molecule is CCNC(=O)C(Cc1ccccc1)N(Cc1ccccc1C)C(=O)CN(c1cc(C)cc(C)c1)S(C)(=O)=O. The van der Waals surface area contributed by atoms with Crippen molar-refractivity contribution in [1.82, 2.24) is 10.2 Å². The summed E-state index contributed by atoms with van der Waals surface area (Å²) in [5.41, 5.74) is 4.98. The van der Waals surface area contributed by atoms with Crippen molar-refractivity contribution >= 4 is 27.5 Å². The molecule has 1 atom stereocenters. The zero-order valence-corrected chi connectivity index (χ0v) is 23.6. The Labute approximate surface area is 226 Å². The zero-order chi connectivity index (χ0) is 27.9. The van der Waals surface area contributed by atoms with E-state index in [1.165, 1.54) is 4.90 Å². The van der Waals surface area contributed by atoms with Crippen molar-refractivity contribution in [2.75, 3.05) is 23.7 Å². The molecule has 0 bridgehead atoms. The van der Waals surface area contributed by atoms with E-state index in [1.807, 2.05) is 88.4 Å². The maximum absolute atomic E-state index is 14.0. The summed E-state index contributed by atoms with van der Waals surface area (Å²) in [6, 6.07) is 21.8. The van der Waals surface area contributed by atoms with Crippen LogP contribution in [0.2, 0.25) is 0 Å². The quantitative estimate of drug-likeness (QED) is 0.400. The Morgan fingerprint density at radius 2 is 1.50 bits per heavy atom. The summed E-state index contributed by atoms with van der Waals surface area (Å²) < 4.78 is 26.9. The van der Waals surface area contributed by atoms with Gasteiger partial charge in [0.25, 0.3) is 0 Å². The number of carbonyl (C=O) groups excluding carboxylic acids is 2. The van der Waals surface area contributed by atoms with E-state index in [-0.39, 0.29) is 12.5 Å². The van der Waals surface area contributed by atoms with Crippen LogP contribution < -0.4 is 9.62 Å². The van der Waals surface area contributed by atoms with Gasteiger partial charge in [0.1, 0.15) is 12.6 Å². The molecule has 0 heterocycles. The topological polar surface area (TPSA) is 86.8 Å². The molecule has 0 spiro atoms. The molecule has 0 aliphatic heterocycles. The largest absolute Gasteiger partial charge is 0.355 e. The number of nitrogens with one attached hydrogen (secondary N) is 1. The van der Waals surface area contributed by atoms with Gasteiger partial charge in [0, 0.05) is 19.5 Å². The number of sulfonamides is 1. The summed E-state index contributed by atoms with van der Waals surface area (Å²) in [6.45, 7) is 7.71. The number of amides is 2. The van der Waals surface area contributed by atoms with Crippen LogP contribution in [0.4, 0.5) is 5.69 Å². The Bertz CT molecular complexity index is 1350. The smallest absolute Gasteiger partial charge is 0.244 e. The predicted octanol–water partition coefficient (Wildman–Crippen LogP) is 4.15. The number of aryl methyl sites for hydroxylation is 3. The standard InChI is InChI=1S/C30H37N3O4S/c1-6-31-30(35)28(19-25-13-8-7-9-14-25)32(20-26-15-11-10-12-24(26)4)29(34)21-33(38(5,36)37)27-17-22(2)16-23(3)18-27/h7-18,28H,6,19-21H2,1-5H3,(H,31,35). The molecule has 0 aliphatic carbocycles. The molecule has 0 radical (unpaired) electrons. The third kappa shape index (κ3) is 7.68. The normalized spacial score (nSPS) is 12.0. The van der Waals surface area contributed by atoms with Crippen molar-refractivity contribution < 1.29 is 18.0 Å². The Morgan fingerprint density at radius 1 is 0.895 bits per heavy atom.